The number of aryl methyl sites for hydroxylation is 3. The molecule has 2 unspecified atom stereocenters. The molecule has 42 heavy (non-hydrogen) atoms. The van der Waals surface area contributed by atoms with Gasteiger partial charge in [-0.05, 0) is 75.9 Å². The predicted octanol–water partition coefficient (Wildman–Crippen LogP) is 7.35. The topological polar surface area (TPSA) is 65.0 Å². The van der Waals surface area contributed by atoms with Crippen LogP contribution in [0.1, 0.15) is 57.5 Å². The molecule has 4 aromatic rings. The second kappa shape index (κ2) is 14.1. The number of methoxy groups -OCH3 is 1. The molecule has 1 aliphatic carbocycles. The lowest BCUT2D eigenvalue weighted by Gasteiger charge is -2.22. The van der Waals surface area contributed by atoms with Crippen molar-refractivity contribution in [3.05, 3.63) is 136 Å². The minimum absolute atomic E-state index is 0.208. The van der Waals surface area contributed by atoms with Crippen molar-refractivity contribution in [3.63, 3.8) is 0 Å². The van der Waals surface area contributed by atoms with Crippen LogP contribution in [0, 0.1) is 0 Å². The molecule has 1 N–H and O–H groups in total. The Morgan fingerprint density at radius 1 is 0.762 bits per heavy atom. The second-order valence-electron chi connectivity index (χ2n) is 10.6. The number of hydrogen-bond acceptors (Lipinski definition) is 4. The van der Waals surface area contributed by atoms with Gasteiger partial charge in [-0.3, -0.25) is 0 Å². The van der Waals surface area contributed by atoms with Gasteiger partial charge in [-0.15, -0.1) is 0 Å². The number of carboxylic acid groups (broad SMARTS) is 1. The Labute approximate surface area is 248 Å². The van der Waals surface area contributed by atoms with E-state index in [-0.39, 0.29) is 6.10 Å². The highest BCUT2D eigenvalue weighted by atomic mass is 16.5. The van der Waals surface area contributed by atoms with E-state index in [2.05, 4.69) is 85.8 Å². The summed E-state index contributed by atoms with van der Waals surface area (Å²) < 4.78 is 17.6. The van der Waals surface area contributed by atoms with Gasteiger partial charge in [0.05, 0.1) is 6.61 Å². The summed E-state index contributed by atoms with van der Waals surface area (Å²) in [6, 6.07) is 31.5. The van der Waals surface area contributed by atoms with Crippen LogP contribution in [-0.4, -0.2) is 37.5 Å². The van der Waals surface area contributed by atoms with Gasteiger partial charge in [-0.1, -0.05) is 97.9 Å². The molecule has 1 aliphatic rings. The Kier molecular flexibility index (Phi) is 9.86. The summed E-state index contributed by atoms with van der Waals surface area (Å²) in [6.07, 6.45) is 6.58. The van der Waals surface area contributed by atoms with Crippen molar-refractivity contribution in [1.29, 1.82) is 0 Å². The molecule has 0 amide bonds. The van der Waals surface area contributed by atoms with Crippen LogP contribution in [-0.2, 0) is 40.0 Å². The first-order chi connectivity index (χ1) is 20.5. The minimum Gasteiger partial charge on any atom is -0.491 e. The number of carbonyl (C=O) groups is 1. The zero-order chi connectivity index (χ0) is 29.3. The highest BCUT2D eigenvalue weighted by Gasteiger charge is 2.23. The monoisotopic (exact) mass is 562 g/mol. The number of ether oxygens (including phenoxy) is 3. The van der Waals surface area contributed by atoms with E-state index >= 15 is 0 Å². The first-order valence-electron chi connectivity index (χ1n) is 14.6. The Balaban J connectivity index is 1.29. The third kappa shape index (κ3) is 7.35. The van der Waals surface area contributed by atoms with Crippen molar-refractivity contribution in [2.45, 2.75) is 44.8 Å². The maximum atomic E-state index is 11.3. The fraction of sp³-hybridized carbons (Fsp3) is 0.270. The average molecular weight is 563 g/mol. The number of carboxylic acids is 1. The van der Waals surface area contributed by atoms with Crippen molar-refractivity contribution in [1.82, 2.24) is 0 Å². The SMILES string of the molecule is CCc1ccc2c(c1)C=Cc1ccc(CCc3ccccc3)cc1C2OCCOc1ccc(CC(OC)C(=O)O)cc1. The Morgan fingerprint density at radius 3 is 2.21 bits per heavy atom. The van der Waals surface area contributed by atoms with Crippen LogP contribution < -0.4 is 4.74 Å². The van der Waals surface area contributed by atoms with Crippen LogP contribution in [0.2, 0.25) is 0 Å². The number of aliphatic carboxylic acids is 1. The summed E-state index contributed by atoms with van der Waals surface area (Å²) in [5.74, 6) is -0.258. The standard InChI is InChI=1S/C37H38O5/c1-3-26-14-20-33-31(23-26)17-16-30-15-11-28(10-9-27-7-5-4-6-8-27)24-34(30)36(33)42-22-21-41-32-18-12-29(13-19-32)25-35(40-2)37(38)39/h4-8,11-20,23-24,35-36H,3,9-10,21-22,25H2,1-2H3,(H,38,39). The van der Waals surface area contributed by atoms with Crippen molar-refractivity contribution >= 4 is 18.1 Å². The molecule has 0 bridgehead atoms. The number of benzene rings is 4. The van der Waals surface area contributed by atoms with E-state index in [1.165, 1.54) is 40.5 Å². The molecule has 4 aromatic carbocycles. The normalized spacial score (nSPS) is 14.5. The lowest BCUT2D eigenvalue weighted by Crippen LogP contribution is -2.24. The molecule has 5 rings (SSSR count). The van der Waals surface area contributed by atoms with E-state index < -0.39 is 12.1 Å². The molecule has 0 fully saturated rings. The van der Waals surface area contributed by atoms with Gasteiger partial charge in [-0.2, -0.15) is 0 Å². The lowest BCUT2D eigenvalue weighted by atomic mass is 9.92. The van der Waals surface area contributed by atoms with Crippen molar-refractivity contribution in [2.75, 3.05) is 20.3 Å². The van der Waals surface area contributed by atoms with Gasteiger partial charge in [-0.25, -0.2) is 4.79 Å². The Morgan fingerprint density at radius 2 is 1.48 bits per heavy atom. The molecule has 0 aliphatic heterocycles. The van der Waals surface area contributed by atoms with Gasteiger partial charge < -0.3 is 19.3 Å². The van der Waals surface area contributed by atoms with Crippen LogP contribution in [0.3, 0.4) is 0 Å². The highest BCUT2D eigenvalue weighted by molar-refractivity contribution is 5.76. The van der Waals surface area contributed by atoms with Gasteiger partial charge >= 0.3 is 5.97 Å². The third-order valence-corrected chi connectivity index (χ3v) is 7.80. The van der Waals surface area contributed by atoms with Gasteiger partial charge in [0.2, 0.25) is 0 Å². The number of hydrogen-bond donors (Lipinski definition) is 1. The van der Waals surface area contributed by atoms with Crippen molar-refractivity contribution in [2.24, 2.45) is 0 Å². The van der Waals surface area contributed by atoms with Gasteiger partial charge in [0.15, 0.2) is 6.10 Å². The average Bonchev–Trinajstić information content (AvgIpc) is 3.17. The van der Waals surface area contributed by atoms with E-state index in [1.807, 2.05) is 24.3 Å². The van der Waals surface area contributed by atoms with Crippen molar-refractivity contribution in [3.8, 4) is 5.75 Å². The van der Waals surface area contributed by atoms with E-state index in [9.17, 15) is 9.90 Å². The summed E-state index contributed by atoms with van der Waals surface area (Å²) in [6.45, 7) is 2.99. The minimum atomic E-state index is -0.971. The Bertz CT molecular complexity index is 1510. The molecule has 0 heterocycles. The molecular weight excluding hydrogens is 524 g/mol. The molecule has 0 aromatic heterocycles. The Hall–Kier alpha value is -4.19. The molecular formula is C37H38O5. The molecule has 0 spiro atoms. The summed E-state index contributed by atoms with van der Waals surface area (Å²) in [4.78, 5) is 11.3. The van der Waals surface area contributed by atoms with Crippen LogP contribution in [0.25, 0.3) is 12.2 Å². The fourth-order valence-electron chi connectivity index (χ4n) is 5.38. The summed E-state index contributed by atoms with van der Waals surface area (Å²) in [7, 11) is 1.41. The van der Waals surface area contributed by atoms with E-state index in [0.29, 0.717) is 25.4 Å². The van der Waals surface area contributed by atoms with E-state index in [1.54, 1.807) is 0 Å². The first-order valence-corrected chi connectivity index (χ1v) is 14.6. The van der Waals surface area contributed by atoms with Crippen LogP contribution in [0.4, 0.5) is 0 Å². The van der Waals surface area contributed by atoms with Gasteiger partial charge in [0, 0.05) is 13.5 Å². The second-order valence-corrected chi connectivity index (χ2v) is 10.6. The third-order valence-electron chi connectivity index (χ3n) is 7.80. The molecule has 0 saturated heterocycles. The molecule has 2 atom stereocenters. The molecule has 216 valence electrons. The van der Waals surface area contributed by atoms with Crippen LogP contribution in [0.15, 0.2) is 91.0 Å². The lowest BCUT2D eigenvalue weighted by molar-refractivity contribution is -0.148. The van der Waals surface area contributed by atoms with Gasteiger partial charge in [0.1, 0.15) is 18.5 Å². The first kappa shape index (κ1) is 29.3. The quantitative estimate of drug-likeness (QED) is 0.173. The maximum Gasteiger partial charge on any atom is 0.333 e. The number of rotatable bonds is 13. The maximum absolute atomic E-state index is 11.3. The number of fused-ring (bicyclic) bond motifs is 2. The molecule has 0 saturated carbocycles. The molecule has 5 nitrogen and oxygen atoms in total. The van der Waals surface area contributed by atoms with Crippen LogP contribution in [0.5, 0.6) is 5.75 Å². The predicted molar refractivity (Wildman–Crippen MR) is 167 cm³/mol. The summed E-state index contributed by atoms with van der Waals surface area (Å²) in [5, 5.41) is 9.23. The fourth-order valence-corrected chi connectivity index (χ4v) is 5.38. The van der Waals surface area contributed by atoms with Gasteiger partial charge in [0.25, 0.3) is 0 Å². The van der Waals surface area contributed by atoms with E-state index in [4.69, 9.17) is 14.2 Å². The zero-order valence-electron chi connectivity index (χ0n) is 24.3. The van der Waals surface area contributed by atoms with Crippen LogP contribution >= 0.6 is 0 Å². The largest absolute Gasteiger partial charge is 0.491 e. The smallest absolute Gasteiger partial charge is 0.333 e. The zero-order valence-corrected chi connectivity index (χ0v) is 24.3. The summed E-state index contributed by atoms with van der Waals surface area (Å²) in [5.41, 5.74) is 9.51. The summed E-state index contributed by atoms with van der Waals surface area (Å²) >= 11 is 0. The highest BCUT2D eigenvalue weighted by Crippen LogP contribution is 2.37. The van der Waals surface area contributed by atoms with E-state index in [0.717, 1.165) is 30.4 Å². The van der Waals surface area contributed by atoms with Crippen molar-refractivity contribution < 1.29 is 24.1 Å². The molecule has 5 heteroatoms. The molecule has 0 radical (unpaired) electrons.